The Balaban J connectivity index is 1.24. The van der Waals surface area contributed by atoms with Gasteiger partial charge in [-0.1, -0.05) is 0 Å². The number of alkyl halides is 3. The van der Waals surface area contributed by atoms with Crippen LogP contribution < -0.4 is 11.2 Å². The number of rotatable bonds is 4. The number of nitrogens with zero attached hydrogens (tertiary/aromatic N) is 5. The number of halogens is 3. The minimum Gasteiger partial charge on any atom is -0.339 e. The number of benzene rings is 1. The molecule has 0 aliphatic carbocycles. The van der Waals surface area contributed by atoms with E-state index in [4.69, 9.17) is 10.8 Å². The molecule has 3 N–H and O–H groups in total. The van der Waals surface area contributed by atoms with Gasteiger partial charge >= 0.3 is 6.18 Å². The van der Waals surface area contributed by atoms with Gasteiger partial charge in [-0.15, -0.1) is 4.59 Å². The Kier molecular flexibility index (Phi) is 5.96. The summed E-state index contributed by atoms with van der Waals surface area (Å²) in [5, 5.41) is 2.41. The smallest absolute Gasteiger partial charge is 0.339 e. The number of fused-ring (bicyclic) bond motifs is 2. The van der Waals surface area contributed by atoms with Crippen LogP contribution in [0.2, 0.25) is 0 Å². The summed E-state index contributed by atoms with van der Waals surface area (Å²) in [4.78, 5) is 40.1. The zero-order chi connectivity index (χ0) is 27.4. The van der Waals surface area contributed by atoms with E-state index < -0.39 is 17.6 Å². The highest BCUT2D eigenvalue weighted by Crippen LogP contribution is 2.40. The minimum absolute atomic E-state index is 0.0276. The quantitative estimate of drug-likeness (QED) is 0.455. The first-order chi connectivity index (χ1) is 18.6. The van der Waals surface area contributed by atoms with Crippen molar-refractivity contribution in [2.75, 3.05) is 11.9 Å². The van der Waals surface area contributed by atoms with E-state index in [9.17, 15) is 22.8 Å². The van der Waals surface area contributed by atoms with Crippen molar-refractivity contribution in [2.24, 2.45) is 21.7 Å². The fourth-order valence-electron chi connectivity index (χ4n) is 5.63. The maximum Gasteiger partial charge on any atom is 0.416 e. The third-order valence-corrected chi connectivity index (χ3v) is 7.66. The van der Waals surface area contributed by atoms with Crippen molar-refractivity contribution >= 4 is 29.7 Å². The van der Waals surface area contributed by atoms with Gasteiger partial charge in [-0.3, -0.25) is 14.6 Å². The molecule has 1 unspecified atom stereocenters. The molecule has 3 atom stereocenters. The number of amidine groups is 1. The second-order valence-electron chi connectivity index (χ2n) is 10.0. The van der Waals surface area contributed by atoms with E-state index >= 15 is 0 Å². The van der Waals surface area contributed by atoms with Crippen molar-refractivity contribution < 1.29 is 27.4 Å². The van der Waals surface area contributed by atoms with Crippen LogP contribution in [0.15, 0.2) is 76.4 Å². The molecule has 9 nitrogen and oxygen atoms in total. The summed E-state index contributed by atoms with van der Waals surface area (Å²) < 4.78 is 38.8. The Morgan fingerprint density at radius 2 is 1.92 bits per heavy atom. The fraction of sp³-hybridized carbons (Fsp3) is 0.296. The summed E-state index contributed by atoms with van der Waals surface area (Å²) in [5.41, 5.74) is 1.54. The molecule has 2 fully saturated rings. The van der Waals surface area contributed by atoms with Gasteiger partial charge in [0.05, 0.1) is 23.5 Å². The molecule has 2 amide bonds. The molecule has 0 radical (unpaired) electrons. The zero-order valence-electron chi connectivity index (χ0n) is 20.7. The normalized spacial score (nSPS) is 26.0. The van der Waals surface area contributed by atoms with Crippen molar-refractivity contribution in [2.45, 2.75) is 37.9 Å². The number of anilines is 1. The van der Waals surface area contributed by atoms with E-state index in [0.29, 0.717) is 30.4 Å². The highest BCUT2D eigenvalue weighted by molar-refractivity contribution is 6.05. The average Bonchev–Trinajstić information content (AvgIpc) is 3.45. The maximum atomic E-state index is 13.0. The monoisotopic (exact) mass is 536 g/mol. The van der Waals surface area contributed by atoms with Crippen LogP contribution in [0.3, 0.4) is 0 Å². The van der Waals surface area contributed by atoms with Crippen LogP contribution in [0.4, 0.5) is 19.0 Å². The summed E-state index contributed by atoms with van der Waals surface area (Å²) in [6.07, 6.45) is 4.78. The number of nitrogens with two attached hydrogens (primary N) is 1. The molecule has 2 saturated heterocycles. The van der Waals surface area contributed by atoms with Crippen molar-refractivity contribution in [1.29, 1.82) is 0 Å². The van der Waals surface area contributed by atoms with Crippen molar-refractivity contribution in [1.82, 2.24) is 9.88 Å². The Bertz CT molecular complexity index is 1480. The highest BCUT2D eigenvalue weighted by Gasteiger charge is 2.48. The third-order valence-electron chi connectivity index (χ3n) is 7.66. The van der Waals surface area contributed by atoms with Gasteiger partial charge in [0.2, 0.25) is 11.6 Å². The summed E-state index contributed by atoms with van der Waals surface area (Å²) in [7, 11) is 0. The van der Waals surface area contributed by atoms with Crippen LogP contribution in [0.25, 0.3) is 0 Å². The number of carbonyl (C=O) groups excluding carboxylic acids is 2. The molecule has 1 aromatic heterocycles. The number of hydrogen-bond donors (Lipinski definition) is 2. The molecule has 6 rings (SSSR count). The lowest BCUT2D eigenvalue weighted by molar-refractivity contribution is -0.750. The highest BCUT2D eigenvalue weighted by atomic mass is 19.4. The van der Waals surface area contributed by atoms with E-state index in [0.717, 1.165) is 49.0 Å². The van der Waals surface area contributed by atoms with Crippen LogP contribution in [-0.4, -0.2) is 50.9 Å². The standard InChI is InChI=1S/C27H24F3N7O2/c28-27(29,30)19-9-10-33-22(13-19)34-26(39)17-3-1-16(2-4-17)25-35-24(21-14-32-11-12-37(21,25)31)18-5-6-20-7-8-23(38)36(20)15-18/h1-4,9-14,18,20H,5-8,15,31H2/p+1/t18-,20-,37?/m1/s1. The number of nitrogens with one attached hydrogen (secondary N) is 1. The first kappa shape index (κ1) is 25.1. The molecule has 4 aliphatic rings. The lowest BCUT2D eigenvalue weighted by Gasteiger charge is -2.35. The van der Waals surface area contributed by atoms with E-state index in [1.165, 1.54) is 0 Å². The van der Waals surface area contributed by atoms with Gasteiger partial charge in [0, 0.05) is 36.7 Å². The van der Waals surface area contributed by atoms with Gasteiger partial charge in [0.15, 0.2) is 0 Å². The van der Waals surface area contributed by atoms with Crippen LogP contribution >= 0.6 is 0 Å². The predicted molar refractivity (Wildman–Crippen MR) is 137 cm³/mol. The predicted octanol–water partition coefficient (Wildman–Crippen LogP) is 3.97. The summed E-state index contributed by atoms with van der Waals surface area (Å²) >= 11 is 0. The van der Waals surface area contributed by atoms with Crippen LogP contribution in [0.5, 0.6) is 0 Å². The van der Waals surface area contributed by atoms with Crippen LogP contribution in [0, 0.1) is 5.92 Å². The Morgan fingerprint density at radius 1 is 1.13 bits per heavy atom. The molecule has 0 saturated carbocycles. The molecule has 200 valence electrons. The number of pyridine rings is 1. The van der Waals surface area contributed by atoms with E-state index in [1.54, 1.807) is 42.9 Å². The van der Waals surface area contributed by atoms with Gasteiger partial charge < -0.3 is 10.2 Å². The summed E-state index contributed by atoms with van der Waals surface area (Å²) in [6.45, 7) is 0.597. The zero-order valence-corrected chi connectivity index (χ0v) is 20.7. The fourth-order valence-corrected chi connectivity index (χ4v) is 5.63. The second kappa shape index (κ2) is 9.24. The molecule has 2 aromatic rings. The maximum absolute atomic E-state index is 13.0. The number of allylic oxidation sites excluding steroid dienone is 1. The number of carbonyl (C=O) groups is 2. The average molecular weight is 537 g/mol. The lowest BCUT2D eigenvalue weighted by atomic mass is 9.90. The van der Waals surface area contributed by atoms with Gasteiger partial charge in [0.1, 0.15) is 17.7 Å². The molecule has 5 heterocycles. The van der Waals surface area contributed by atoms with Crippen LogP contribution in [-0.2, 0) is 11.0 Å². The van der Waals surface area contributed by atoms with Gasteiger partial charge in [0.25, 0.3) is 11.7 Å². The van der Waals surface area contributed by atoms with Gasteiger partial charge in [-0.05, 0) is 55.7 Å². The molecule has 39 heavy (non-hydrogen) atoms. The second-order valence-corrected chi connectivity index (χ2v) is 10.0. The molecule has 0 spiro atoms. The molecule has 1 aromatic carbocycles. The van der Waals surface area contributed by atoms with Crippen molar-refractivity contribution in [3.05, 3.63) is 83.1 Å². The van der Waals surface area contributed by atoms with E-state index in [-0.39, 0.29) is 27.8 Å². The molecule has 0 bridgehead atoms. The third kappa shape index (κ3) is 4.45. The Labute approximate surface area is 221 Å². The number of amides is 2. The van der Waals surface area contributed by atoms with E-state index in [2.05, 4.69) is 15.3 Å². The number of piperidine rings is 1. The number of hydrogen-bond acceptors (Lipinski definition) is 6. The van der Waals surface area contributed by atoms with Crippen molar-refractivity contribution in [3.63, 3.8) is 0 Å². The van der Waals surface area contributed by atoms with E-state index in [1.807, 2.05) is 4.90 Å². The SMILES string of the molecule is N[N+]12C=CN=CC1=C([C@@H]1CC[C@@H]3CCC(=O)N3C1)N=C2c1ccc(C(=O)Nc2cc(C(F)(F)F)ccn2)cc1. The van der Waals surface area contributed by atoms with Crippen molar-refractivity contribution in [3.8, 4) is 0 Å². The van der Waals surface area contributed by atoms with Gasteiger partial charge in [-0.2, -0.15) is 24.0 Å². The Morgan fingerprint density at radius 3 is 2.69 bits per heavy atom. The molecular weight excluding hydrogens is 511 g/mol. The molecular formula is C27H25F3N7O2+. The Hall–Kier alpha value is -4.16. The lowest BCUT2D eigenvalue weighted by Crippen LogP contribution is -2.53. The first-order valence-electron chi connectivity index (χ1n) is 12.6. The topological polar surface area (TPSA) is 113 Å². The summed E-state index contributed by atoms with van der Waals surface area (Å²) in [5.74, 6) is 6.78. The molecule has 12 heteroatoms. The first-order valence-corrected chi connectivity index (χ1v) is 12.6. The van der Waals surface area contributed by atoms with Gasteiger partial charge in [-0.25, -0.2) is 4.98 Å². The number of aliphatic imine (C=N–C) groups is 2. The number of quaternary nitrogens is 1. The van der Waals surface area contributed by atoms with Crippen LogP contribution in [0.1, 0.15) is 47.2 Å². The minimum atomic E-state index is -4.55. The number of aromatic nitrogens is 1. The molecule has 4 aliphatic heterocycles. The largest absolute Gasteiger partial charge is 0.416 e. The summed E-state index contributed by atoms with van der Waals surface area (Å²) in [6, 6.07) is 8.42.